The van der Waals surface area contributed by atoms with Gasteiger partial charge in [-0.05, 0) is 18.9 Å². The van der Waals surface area contributed by atoms with E-state index in [9.17, 15) is 4.79 Å². The van der Waals surface area contributed by atoms with Gasteiger partial charge in [0.2, 0.25) is 5.91 Å². The van der Waals surface area contributed by atoms with E-state index < -0.39 is 5.54 Å². The van der Waals surface area contributed by atoms with Crippen LogP contribution >= 0.6 is 12.4 Å². The molecule has 0 saturated carbocycles. The van der Waals surface area contributed by atoms with E-state index in [1.165, 1.54) is 0 Å². The first kappa shape index (κ1) is 16.9. The molecule has 0 bridgehead atoms. The first-order chi connectivity index (χ1) is 8.09. The van der Waals surface area contributed by atoms with Gasteiger partial charge in [0.1, 0.15) is 5.54 Å². The second-order valence-electron chi connectivity index (χ2n) is 4.17. The molecule has 0 aliphatic heterocycles. The molecule has 0 radical (unpaired) electrons. The second-order valence-corrected chi connectivity index (χ2v) is 4.17. The predicted octanol–water partition coefficient (Wildman–Crippen LogP) is 1.44. The molecule has 0 spiro atoms. The van der Waals surface area contributed by atoms with Crippen LogP contribution in [0.5, 0.6) is 0 Å². The summed E-state index contributed by atoms with van der Waals surface area (Å²) in [6.07, 6.45) is 0.785. The van der Waals surface area contributed by atoms with Crippen molar-refractivity contribution in [3.05, 3.63) is 35.9 Å². The van der Waals surface area contributed by atoms with Crippen LogP contribution < -0.4 is 11.1 Å². The Morgan fingerprint density at radius 3 is 2.56 bits per heavy atom. The Hall–Kier alpha value is -1.10. The number of ether oxygens (including phenoxy) is 1. The summed E-state index contributed by atoms with van der Waals surface area (Å²) >= 11 is 0. The molecule has 102 valence electrons. The van der Waals surface area contributed by atoms with Crippen LogP contribution in [0.25, 0.3) is 0 Å². The maximum atomic E-state index is 12.0. The monoisotopic (exact) mass is 272 g/mol. The van der Waals surface area contributed by atoms with Gasteiger partial charge in [0.05, 0.1) is 0 Å². The van der Waals surface area contributed by atoms with Crippen molar-refractivity contribution in [2.24, 2.45) is 5.73 Å². The minimum Gasteiger partial charge on any atom is -0.385 e. The maximum Gasteiger partial charge on any atom is 0.244 e. The highest BCUT2D eigenvalue weighted by atomic mass is 35.5. The number of hydrogen-bond donors (Lipinski definition) is 2. The van der Waals surface area contributed by atoms with Crippen molar-refractivity contribution in [2.75, 3.05) is 20.3 Å². The molecule has 1 amide bonds. The Bertz CT molecular complexity index is 355. The molecule has 1 unspecified atom stereocenters. The largest absolute Gasteiger partial charge is 0.385 e. The van der Waals surface area contributed by atoms with Crippen LogP contribution in [-0.2, 0) is 15.1 Å². The molecule has 1 rings (SSSR count). The molecule has 5 heteroatoms. The Morgan fingerprint density at radius 1 is 1.39 bits per heavy atom. The minimum absolute atomic E-state index is 0. The first-order valence-corrected chi connectivity index (χ1v) is 5.70. The van der Waals surface area contributed by atoms with Crippen LogP contribution in [0.1, 0.15) is 18.9 Å². The number of nitrogens with two attached hydrogens (primary N) is 1. The van der Waals surface area contributed by atoms with Gasteiger partial charge in [-0.1, -0.05) is 30.3 Å². The Labute approximate surface area is 114 Å². The molecule has 0 aliphatic carbocycles. The number of amides is 1. The second kappa shape index (κ2) is 8.08. The molecule has 3 N–H and O–H groups in total. The molecule has 0 heterocycles. The number of halogens is 1. The molecule has 0 aliphatic rings. The van der Waals surface area contributed by atoms with E-state index in [2.05, 4.69) is 5.32 Å². The highest BCUT2D eigenvalue weighted by molar-refractivity contribution is 5.86. The van der Waals surface area contributed by atoms with Crippen molar-refractivity contribution in [2.45, 2.75) is 18.9 Å². The lowest BCUT2D eigenvalue weighted by Gasteiger charge is -2.24. The lowest BCUT2D eigenvalue weighted by molar-refractivity contribution is -0.126. The van der Waals surface area contributed by atoms with E-state index in [0.717, 1.165) is 12.0 Å². The molecule has 1 aromatic rings. The number of methoxy groups -OCH3 is 1. The van der Waals surface area contributed by atoms with E-state index in [0.29, 0.717) is 13.2 Å². The Balaban J connectivity index is 0.00000289. The summed E-state index contributed by atoms with van der Waals surface area (Å²) < 4.78 is 4.91. The molecule has 18 heavy (non-hydrogen) atoms. The number of rotatable bonds is 6. The topological polar surface area (TPSA) is 64.3 Å². The minimum atomic E-state index is -0.992. The standard InChI is InChI=1S/C13H20N2O2.ClH/c1-13(14,11-7-4-3-5-8-11)12(16)15-9-6-10-17-2;/h3-5,7-8H,6,9-10,14H2,1-2H3,(H,15,16);1H. The fraction of sp³-hybridized carbons (Fsp3) is 0.462. The van der Waals surface area contributed by atoms with Crippen molar-refractivity contribution in [3.8, 4) is 0 Å². The van der Waals surface area contributed by atoms with Gasteiger partial charge in [0, 0.05) is 20.3 Å². The molecule has 1 atom stereocenters. The average molecular weight is 273 g/mol. The zero-order valence-electron chi connectivity index (χ0n) is 10.8. The molecule has 0 saturated heterocycles. The quantitative estimate of drug-likeness (QED) is 0.770. The van der Waals surface area contributed by atoms with Crippen molar-refractivity contribution in [1.29, 1.82) is 0 Å². The number of hydrogen-bond acceptors (Lipinski definition) is 3. The summed E-state index contributed by atoms with van der Waals surface area (Å²) in [6.45, 7) is 2.92. The zero-order valence-corrected chi connectivity index (χ0v) is 11.6. The smallest absolute Gasteiger partial charge is 0.244 e. The molecule has 0 fully saturated rings. The van der Waals surface area contributed by atoms with Crippen LogP contribution in [0.15, 0.2) is 30.3 Å². The summed E-state index contributed by atoms with van der Waals surface area (Å²) in [7, 11) is 1.64. The fourth-order valence-corrected chi connectivity index (χ4v) is 1.52. The summed E-state index contributed by atoms with van der Waals surface area (Å²) in [5, 5.41) is 2.81. The Morgan fingerprint density at radius 2 is 2.00 bits per heavy atom. The number of nitrogens with one attached hydrogen (secondary N) is 1. The number of carbonyl (C=O) groups is 1. The molecule has 1 aromatic carbocycles. The molecular weight excluding hydrogens is 252 g/mol. The van der Waals surface area contributed by atoms with Gasteiger partial charge in [-0.3, -0.25) is 4.79 Å². The third-order valence-electron chi connectivity index (χ3n) is 2.66. The summed E-state index contributed by atoms with van der Waals surface area (Å²) in [5.74, 6) is -0.167. The predicted molar refractivity (Wildman–Crippen MR) is 74.7 cm³/mol. The van der Waals surface area contributed by atoms with Crippen molar-refractivity contribution >= 4 is 18.3 Å². The highest BCUT2D eigenvalue weighted by Gasteiger charge is 2.29. The van der Waals surface area contributed by atoms with E-state index in [1.54, 1.807) is 14.0 Å². The van der Waals surface area contributed by atoms with E-state index >= 15 is 0 Å². The van der Waals surface area contributed by atoms with Crippen LogP contribution in [0.2, 0.25) is 0 Å². The summed E-state index contributed by atoms with van der Waals surface area (Å²) in [5.41, 5.74) is 5.87. The van der Waals surface area contributed by atoms with E-state index in [-0.39, 0.29) is 18.3 Å². The lowest BCUT2D eigenvalue weighted by atomic mass is 9.92. The molecule has 4 nitrogen and oxygen atoms in total. The molecular formula is C13H21ClN2O2. The Kier molecular flexibility index (Phi) is 7.59. The van der Waals surface area contributed by atoms with Gasteiger partial charge in [-0.25, -0.2) is 0 Å². The normalized spacial score (nSPS) is 13.3. The summed E-state index contributed by atoms with van der Waals surface area (Å²) in [4.78, 5) is 12.0. The third kappa shape index (κ3) is 4.64. The van der Waals surface area contributed by atoms with Crippen LogP contribution in [0.3, 0.4) is 0 Å². The van der Waals surface area contributed by atoms with Gasteiger partial charge >= 0.3 is 0 Å². The highest BCUT2D eigenvalue weighted by Crippen LogP contribution is 2.17. The van der Waals surface area contributed by atoms with Crippen molar-refractivity contribution in [1.82, 2.24) is 5.32 Å². The van der Waals surface area contributed by atoms with Gasteiger partial charge in [0.15, 0.2) is 0 Å². The van der Waals surface area contributed by atoms with Gasteiger partial charge < -0.3 is 15.8 Å². The van der Waals surface area contributed by atoms with Gasteiger partial charge in [-0.15, -0.1) is 12.4 Å². The van der Waals surface area contributed by atoms with Crippen LogP contribution in [0.4, 0.5) is 0 Å². The maximum absolute atomic E-state index is 12.0. The zero-order chi connectivity index (χ0) is 12.7. The van der Waals surface area contributed by atoms with Crippen molar-refractivity contribution in [3.63, 3.8) is 0 Å². The van der Waals surface area contributed by atoms with Gasteiger partial charge in [0.25, 0.3) is 0 Å². The van der Waals surface area contributed by atoms with E-state index in [1.807, 2.05) is 30.3 Å². The van der Waals surface area contributed by atoms with Crippen molar-refractivity contribution < 1.29 is 9.53 Å². The SMILES string of the molecule is COCCCNC(=O)C(C)(N)c1ccccc1.Cl. The average Bonchev–Trinajstić information content (AvgIpc) is 2.35. The molecule has 0 aromatic heterocycles. The van der Waals surface area contributed by atoms with E-state index in [4.69, 9.17) is 10.5 Å². The summed E-state index contributed by atoms with van der Waals surface area (Å²) in [6, 6.07) is 9.36. The van der Waals surface area contributed by atoms with Crippen LogP contribution in [0, 0.1) is 0 Å². The fourth-order valence-electron chi connectivity index (χ4n) is 1.52. The number of benzene rings is 1. The van der Waals surface area contributed by atoms with Crippen LogP contribution in [-0.4, -0.2) is 26.2 Å². The number of carbonyl (C=O) groups excluding carboxylic acids is 1. The third-order valence-corrected chi connectivity index (χ3v) is 2.66. The van der Waals surface area contributed by atoms with Gasteiger partial charge in [-0.2, -0.15) is 0 Å². The lowest BCUT2D eigenvalue weighted by Crippen LogP contribution is -2.49. The first-order valence-electron chi connectivity index (χ1n) is 5.70.